The van der Waals surface area contributed by atoms with E-state index in [0.717, 1.165) is 5.92 Å². The van der Waals surface area contributed by atoms with Crippen molar-refractivity contribution in [3.63, 3.8) is 0 Å². The van der Waals surface area contributed by atoms with E-state index in [9.17, 15) is 0 Å². The lowest BCUT2D eigenvalue weighted by Gasteiger charge is -1.96. The summed E-state index contributed by atoms with van der Waals surface area (Å²) in [6.45, 7) is 3.63. The van der Waals surface area contributed by atoms with Crippen LogP contribution < -0.4 is 0 Å². The maximum Gasteiger partial charge on any atom is -0.0230 e. The number of hydrogen-bond donors (Lipinski definition) is 0. The van der Waals surface area contributed by atoms with Gasteiger partial charge >= 0.3 is 0 Å². The van der Waals surface area contributed by atoms with E-state index in [4.69, 9.17) is 0 Å². The first-order chi connectivity index (χ1) is 4.43. The molecule has 0 aromatic rings. The van der Waals surface area contributed by atoms with Crippen LogP contribution in [0.4, 0.5) is 0 Å². The van der Waals surface area contributed by atoms with Crippen molar-refractivity contribution in [3.05, 3.63) is 24.8 Å². The van der Waals surface area contributed by atoms with Crippen LogP contribution in [0.25, 0.3) is 0 Å². The molecule has 0 heterocycles. The molecule has 0 bridgehead atoms. The minimum absolute atomic E-state index is 0.864. The summed E-state index contributed by atoms with van der Waals surface area (Å²) in [6.07, 6.45) is 11.8. The maximum absolute atomic E-state index is 3.63. The molecule has 0 atom stereocenters. The van der Waals surface area contributed by atoms with Crippen LogP contribution >= 0.6 is 0 Å². The topological polar surface area (TPSA) is 0 Å². The average molecular weight is 122 g/mol. The molecule has 0 unspecified atom stereocenters. The van der Waals surface area contributed by atoms with Crippen molar-refractivity contribution in [2.75, 3.05) is 0 Å². The minimum atomic E-state index is 0.864. The molecule has 1 saturated carbocycles. The van der Waals surface area contributed by atoms with E-state index in [1.165, 1.54) is 25.7 Å². The van der Waals surface area contributed by atoms with Gasteiger partial charge < -0.3 is 0 Å². The van der Waals surface area contributed by atoms with Crippen LogP contribution in [0.3, 0.4) is 0 Å². The number of allylic oxidation sites excluding steroid dienone is 3. The van der Waals surface area contributed by atoms with Gasteiger partial charge in [0.15, 0.2) is 0 Å². The largest absolute Gasteiger partial charge is 0.0991 e. The molecule has 0 aliphatic heterocycles. The zero-order valence-electron chi connectivity index (χ0n) is 5.84. The zero-order valence-corrected chi connectivity index (χ0v) is 5.84. The predicted molar refractivity (Wildman–Crippen MR) is 41.3 cm³/mol. The van der Waals surface area contributed by atoms with Crippen molar-refractivity contribution in [1.29, 1.82) is 0 Å². The van der Waals surface area contributed by atoms with Crippen LogP contribution in [-0.4, -0.2) is 0 Å². The average Bonchev–Trinajstić information content (AvgIpc) is 2.34. The third-order valence-electron chi connectivity index (χ3n) is 1.92. The highest BCUT2D eigenvalue weighted by molar-refractivity contribution is 5.00. The summed E-state index contributed by atoms with van der Waals surface area (Å²) >= 11 is 0. The second-order valence-corrected chi connectivity index (χ2v) is 2.67. The van der Waals surface area contributed by atoms with Gasteiger partial charge in [-0.2, -0.15) is 0 Å². The molecule has 0 aromatic carbocycles. The fraction of sp³-hybridized carbons (Fsp3) is 0.556. The predicted octanol–water partition coefficient (Wildman–Crippen LogP) is 2.92. The van der Waals surface area contributed by atoms with Crippen molar-refractivity contribution in [2.24, 2.45) is 5.92 Å². The molecule has 0 spiro atoms. The van der Waals surface area contributed by atoms with E-state index in [1.54, 1.807) is 0 Å². The highest BCUT2D eigenvalue weighted by Crippen LogP contribution is 2.25. The maximum atomic E-state index is 3.63. The van der Waals surface area contributed by atoms with Crippen LogP contribution in [0.5, 0.6) is 0 Å². The second-order valence-electron chi connectivity index (χ2n) is 2.67. The Bertz CT molecular complexity index is 105. The van der Waals surface area contributed by atoms with Crippen LogP contribution in [0.2, 0.25) is 0 Å². The Morgan fingerprint density at radius 1 is 1.22 bits per heavy atom. The van der Waals surface area contributed by atoms with Gasteiger partial charge in [-0.3, -0.25) is 0 Å². The van der Waals surface area contributed by atoms with Gasteiger partial charge in [0.05, 0.1) is 0 Å². The molecular weight excluding hydrogens is 108 g/mol. The van der Waals surface area contributed by atoms with Gasteiger partial charge in [0.1, 0.15) is 0 Å². The van der Waals surface area contributed by atoms with Gasteiger partial charge in [0, 0.05) is 0 Å². The van der Waals surface area contributed by atoms with Crippen LogP contribution in [0.15, 0.2) is 24.8 Å². The van der Waals surface area contributed by atoms with E-state index in [1.807, 2.05) is 6.08 Å². The highest BCUT2D eigenvalue weighted by Gasteiger charge is 2.10. The standard InChI is InChI=1S/C9H14/c1-2-3-6-9-7-4-5-8-9/h2-3,6,9H,1,4-5,7-8H2/b6-3-. The summed E-state index contributed by atoms with van der Waals surface area (Å²) in [4.78, 5) is 0. The molecule has 0 saturated heterocycles. The molecule has 0 amide bonds. The van der Waals surface area contributed by atoms with Crippen LogP contribution in [0, 0.1) is 5.92 Å². The van der Waals surface area contributed by atoms with Gasteiger partial charge in [0.2, 0.25) is 0 Å². The monoisotopic (exact) mass is 122 g/mol. The molecule has 0 heteroatoms. The van der Waals surface area contributed by atoms with Gasteiger partial charge in [-0.25, -0.2) is 0 Å². The van der Waals surface area contributed by atoms with E-state index in [0.29, 0.717) is 0 Å². The van der Waals surface area contributed by atoms with Crippen LogP contribution in [-0.2, 0) is 0 Å². The third kappa shape index (κ3) is 2.05. The number of rotatable bonds is 2. The summed E-state index contributed by atoms with van der Waals surface area (Å²) in [5.74, 6) is 0.864. The molecule has 1 aliphatic carbocycles. The van der Waals surface area contributed by atoms with Crippen molar-refractivity contribution in [2.45, 2.75) is 25.7 Å². The van der Waals surface area contributed by atoms with E-state index in [-0.39, 0.29) is 0 Å². The Kier molecular flexibility index (Phi) is 2.56. The summed E-state index contributed by atoms with van der Waals surface area (Å²) in [5.41, 5.74) is 0. The molecule has 0 nitrogen and oxygen atoms in total. The Balaban J connectivity index is 2.25. The Morgan fingerprint density at radius 3 is 2.44 bits per heavy atom. The smallest absolute Gasteiger partial charge is 0.0230 e. The Hall–Kier alpha value is -0.520. The first-order valence-corrected chi connectivity index (χ1v) is 3.72. The van der Waals surface area contributed by atoms with Gasteiger partial charge in [0.25, 0.3) is 0 Å². The molecule has 1 rings (SSSR count). The highest BCUT2D eigenvalue weighted by atomic mass is 14.2. The Labute approximate surface area is 57.3 Å². The van der Waals surface area contributed by atoms with Crippen molar-refractivity contribution >= 4 is 0 Å². The fourth-order valence-electron chi connectivity index (χ4n) is 1.39. The summed E-state index contributed by atoms with van der Waals surface area (Å²) < 4.78 is 0. The van der Waals surface area contributed by atoms with Crippen molar-refractivity contribution in [3.8, 4) is 0 Å². The zero-order chi connectivity index (χ0) is 6.53. The van der Waals surface area contributed by atoms with Crippen molar-refractivity contribution < 1.29 is 0 Å². The quantitative estimate of drug-likeness (QED) is 0.494. The molecule has 0 aromatic heterocycles. The third-order valence-corrected chi connectivity index (χ3v) is 1.92. The molecule has 0 N–H and O–H groups in total. The van der Waals surface area contributed by atoms with Gasteiger partial charge in [-0.1, -0.05) is 37.6 Å². The normalized spacial score (nSPS) is 21.3. The lowest BCUT2D eigenvalue weighted by atomic mass is 10.1. The second kappa shape index (κ2) is 3.49. The molecule has 9 heavy (non-hydrogen) atoms. The van der Waals surface area contributed by atoms with Crippen LogP contribution in [0.1, 0.15) is 25.7 Å². The molecular formula is C9H14. The molecule has 50 valence electrons. The van der Waals surface area contributed by atoms with Gasteiger partial charge in [-0.15, -0.1) is 0 Å². The number of hydrogen-bond acceptors (Lipinski definition) is 0. The first-order valence-electron chi connectivity index (χ1n) is 3.72. The molecule has 0 radical (unpaired) electrons. The summed E-state index contributed by atoms with van der Waals surface area (Å²) in [7, 11) is 0. The first kappa shape index (κ1) is 6.60. The van der Waals surface area contributed by atoms with E-state index < -0.39 is 0 Å². The van der Waals surface area contributed by atoms with Crippen molar-refractivity contribution in [1.82, 2.24) is 0 Å². The fourth-order valence-corrected chi connectivity index (χ4v) is 1.39. The lowest BCUT2D eigenvalue weighted by molar-refractivity contribution is 0.686. The van der Waals surface area contributed by atoms with Gasteiger partial charge in [-0.05, 0) is 18.8 Å². The molecule has 1 fully saturated rings. The lowest BCUT2D eigenvalue weighted by Crippen LogP contribution is -1.83. The molecule has 1 aliphatic rings. The van der Waals surface area contributed by atoms with E-state index in [2.05, 4.69) is 18.7 Å². The SMILES string of the molecule is C=C/C=C\C1CCCC1. The minimum Gasteiger partial charge on any atom is -0.0991 e. The van der Waals surface area contributed by atoms with E-state index >= 15 is 0 Å². The Morgan fingerprint density at radius 2 is 1.89 bits per heavy atom. The summed E-state index contributed by atoms with van der Waals surface area (Å²) in [5, 5.41) is 0. The summed E-state index contributed by atoms with van der Waals surface area (Å²) in [6, 6.07) is 0.